The fourth-order valence-corrected chi connectivity index (χ4v) is 2.42. The van der Waals surface area contributed by atoms with Crippen molar-refractivity contribution in [3.05, 3.63) is 35.9 Å². The molecule has 0 unspecified atom stereocenters. The average molecular weight is 215 g/mol. The number of hydrogen-bond acceptors (Lipinski definition) is 2. The van der Waals surface area contributed by atoms with Crippen LogP contribution in [0.4, 0.5) is 0 Å². The average Bonchev–Trinajstić information content (AvgIpc) is 3.07. The fourth-order valence-electron chi connectivity index (χ4n) is 2.42. The van der Waals surface area contributed by atoms with Gasteiger partial charge in [0.25, 0.3) is 0 Å². The molecule has 0 N–H and O–H groups in total. The Bertz CT molecular complexity index is 377. The monoisotopic (exact) mass is 215 g/mol. The van der Waals surface area contributed by atoms with Crippen molar-refractivity contribution in [2.75, 3.05) is 13.1 Å². The molecule has 1 aliphatic carbocycles. The van der Waals surface area contributed by atoms with Gasteiger partial charge in [-0.2, -0.15) is 0 Å². The van der Waals surface area contributed by atoms with E-state index in [-0.39, 0.29) is 0 Å². The maximum atomic E-state index is 11.8. The zero-order valence-electron chi connectivity index (χ0n) is 9.43. The molecule has 1 aliphatic heterocycles. The molecular weight excluding hydrogens is 198 g/mol. The van der Waals surface area contributed by atoms with Crippen LogP contribution in [0.1, 0.15) is 18.4 Å². The number of carbonyl (C=O) groups excluding carboxylic acids is 1. The third kappa shape index (κ3) is 2.03. The molecule has 1 aromatic carbocycles. The standard InChI is InChI=1S/C14H17NO/c16-14(12-6-7-12)13-9-15(10-13)8-11-4-2-1-3-5-11/h1-5,12-13H,6-10H2. The highest BCUT2D eigenvalue weighted by molar-refractivity contribution is 5.86. The van der Waals surface area contributed by atoms with E-state index in [1.165, 1.54) is 5.56 Å². The highest BCUT2D eigenvalue weighted by Crippen LogP contribution is 2.35. The van der Waals surface area contributed by atoms with Crippen molar-refractivity contribution < 1.29 is 4.79 Å². The first-order valence-electron chi connectivity index (χ1n) is 6.13. The maximum absolute atomic E-state index is 11.8. The number of rotatable bonds is 4. The summed E-state index contributed by atoms with van der Waals surface area (Å²) in [4.78, 5) is 14.1. The zero-order valence-corrected chi connectivity index (χ0v) is 9.43. The lowest BCUT2D eigenvalue weighted by atomic mass is 9.92. The zero-order chi connectivity index (χ0) is 11.0. The molecule has 0 radical (unpaired) electrons. The predicted octanol–water partition coefficient (Wildman–Crippen LogP) is 2.10. The van der Waals surface area contributed by atoms with Crippen LogP contribution in [-0.2, 0) is 11.3 Å². The van der Waals surface area contributed by atoms with Crippen molar-refractivity contribution >= 4 is 5.78 Å². The first-order valence-corrected chi connectivity index (χ1v) is 6.13. The molecule has 2 fully saturated rings. The molecule has 0 bridgehead atoms. The minimum Gasteiger partial charge on any atom is -0.299 e. The van der Waals surface area contributed by atoms with Crippen LogP contribution >= 0.6 is 0 Å². The van der Waals surface area contributed by atoms with Crippen LogP contribution in [-0.4, -0.2) is 23.8 Å². The Hall–Kier alpha value is -1.15. The van der Waals surface area contributed by atoms with Gasteiger partial charge in [-0.25, -0.2) is 0 Å². The van der Waals surface area contributed by atoms with Crippen molar-refractivity contribution in [1.29, 1.82) is 0 Å². The molecule has 84 valence electrons. The van der Waals surface area contributed by atoms with E-state index < -0.39 is 0 Å². The number of benzene rings is 1. The number of ketones is 1. The molecule has 0 amide bonds. The summed E-state index contributed by atoms with van der Waals surface area (Å²) < 4.78 is 0. The van der Waals surface area contributed by atoms with Crippen molar-refractivity contribution in [2.24, 2.45) is 11.8 Å². The Morgan fingerprint density at radius 1 is 1.12 bits per heavy atom. The smallest absolute Gasteiger partial charge is 0.141 e. The second kappa shape index (κ2) is 4.02. The molecule has 1 saturated carbocycles. The Morgan fingerprint density at radius 3 is 2.44 bits per heavy atom. The normalized spacial score (nSPS) is 21.8. The second-order valence-corrected chi connectivity index (χ2v) is 5.05. The minimum absolute atomic E-state index is 0.344. The van der Waals surface area contributed by atoms with Gasteiger partial charge in [0, 0.05) is 31.5 Å². The van der Waals surface area contributed by atoms with E-state index in [1.54, 1.807) is 0 Å². The largest absolute Gasteiger partial charge is 0.299 e. The Kier molecular flexibility index (Phi) is 2.52. The van der Waals surface area contributed by atoms with Gasteiger partial charge in [0.1, 0.15) is 5.78 Å². The highest BCUT2D eigenvalue weighted by atomic mass is 16.1. The van der Waals surface area contributed by atoms with E-state index in [0.717, 1.165) is 32.5 Å². The van der Waals surface area contributed by atoms with Crippen LogP contribution in [0.25, 0.3) is 0 Å². The van der Waals surface area contributed by atoms with Gasteiger partial charge in [-0.3, -0.25) is 9.69 Å². The van der Waals surface area contributed by atoms with E-state index in [9.17, 15) is 4.79 Å². The summed E-state index contributed by atoms with van der Waals surface area (Å²) >= 11 is 0. The molecule has 2 heteroatoms. The van der Waals surface area contributed by atoms with Gasteiger partial charge in [-0.1, -0.05) is 30.3 Å². The third-order valence-electron chi connectivity index (χ3n) is 3.59. The topological polar surface area (TPSA) is 20.3 Å². The van der Waals surface area contributed by atoms with Gasteiger partial charge in [0.05, 0.1) is 0 Å². The molecule has 2 nitrogen and oxygen atoms in total. The molecule has 0 spiro atoms. The van der Waals surface area contributed by atoms with Crippen molar-refractivity contribution in [3.8, 4) is 0 Å². The number of likely N-dealkylation sites (tertiary alicyclic amines) is 1. The van der Waals surface area contributed by atoms with Crippen LogP contribution in [0, 0.1) is 11.8 Å². The van der Waals surface area contributed by atoms with Crippen LogP contribution in [0.5, 0.6) is 0 Å². The van der Waals surface area contributed by atoms with Crippen molar-refractivity contribution in [3.63, 3.8) is 0 Å². The Labute approximate surface area is 96.3 Å². The molecule has 0 atom stereocenters. The van der Waals surface area contributed by atoms with Gasteiger partial charge in [-0.05, 0) is 18.4 Å². The fraction of sp³-hybridized carbons (Fsp3) is 0.500. The van der Waals surface area contributed by atoms with E-state index in [0.29, 0.717) is 17.6 Å². The maximum Gasteiger partial charge on any atom is 0.141 e. The van der Waals surface area contributed by atoms with Gasteiger partial charge < -0.3 is 0 Å². The van der Waals surface area contributed by atoms with E-state index >= 15 is 0 Å². The molecule has 0 aromatic heterocycles. The predicted molar refractivity (Wildman–Crippen MR) is 62.9 cm³/mol. The molecule has 16 heavy (non-hydrogen) atoms. The van der Waals surface area contributed by atoms with Gasteiger partial charge in [0.15, 0.2) is 0 Å². The summed E-state index contributed by atoms with van der Waals surface area (Å²) in [5, 5.41) is 0. The summed E-state index contributed by atoms with van der Waals surface area (Å²) in [5.74, 6) is 1.31. The third-order valence-corrected chi connectivity index (χ3v) is 3.59. The van der Waals surface area contributed by atoms with Gasteiger partial charge >= 0.3 is 0 Å². The molecule has 1 heterocycles. The first kappa shape index (κ1) is 10.0. The van der Waals surface area contributed by atoms with E-state index in [4.69, 9.17) is 0 Å². The minimum atomic E-state index is 0.344. The van der Waals surface area contributed by atoms with Gasteiger partial charge in [0.2, 0.25) is 0 Å². The number of hydrogen-bond donors (Lipinski definition) is 0. The van der Waals surface area contributed by atoms with Crippen LogP contribution in [0.15, 0.2) is 30.3 Å². The van der Waals surface area contributed by atoms with E-state index in [2.05, 4.69) is 29.2 Å². The van der Waals surface area contributed by atoms with Crippen LogP contribution < -0.4 is 0 Å². The van der Waals surface area contributed by atoms with E-state index in [1.807, 2.05) is 6.07 Å². The summed E-state index contributed by atoms with van der Waals surface area (Å²) in [6.45, 7) is 2.95. The summed E-state index contributed by atoms with van der Waals surface area (Å²) in [6, 6.07) is 10.5. The van der Waals surface area contributed by atoms with Gasteiger partial charge in [-0.15, -0.1) is 0 Å². The number of carbonyl (C=O) groups is 1. The van der Waals surface area contributed by atoms with Crippen molar-refractivity contribution in [1.82, 2.24) is 4.90 Å². The Morgan fingerprint density at radius 2 is 1.81 bits per heavy atom. The molecule has 1 aromatic rings. The lowest BCUT2D eigenvalue weighted by Gasteiger charge is -2.38. The molecular formula is C14H17NO. The first-order chi connectivity index (χ1) is 7.83. The van der Waals surface area contributed by atoms with Crippen LogP contribution in [0.3, 0.4) is 0 Å². The lowest BCUT2D eigenvalue weighted by Crippen LogP contribution is -2.50. The molecule has 3 rings (SSSR count). The van der Waals surface area contributed by atoms with Crippen LogP contribution in [0.2, 0.25) is 0 Å². The second-order valence-electron chi connectivity index (χ2n) is 5.05. The SMILES string of the molecule is O=C(C1CC1)C1CN(Cc2ccccc2)C1. The van der Waals surface area contributed by atoms with Crippen molar-refractivity contribution in [2.45, 2.75) is 19.4 Å². The number of nitrogens with zero attached hydrogens (tertiary/aromatic N) is 1. The number of Topliss-reactive ketones (excluding diaryl/α,β-unsaturated/α-hetero) is 1. The Balaban J connectivity index is 1.48. The molecule has 1 saturated heterocycles. The summed E-state index contributed by atoms with van der Waals surface area (Å²) in [6.07, 6.45) is 2.29. The summed E-state index contributed by atoms with van der Waals surface area (Å²) in [5.41, 5.74) is 1.35. The highest BCUT2D eigenvalue weighted by Gasteiger charge is 2.40. The lowest BCUT2D eigenvalue weighted by molar-refractivity contribution is -0.129. The quantitative estimate of drug-likeness (QED) is 0.766. The molecule has 2 aliphatic rings. The summed E-state index contributed by atoms with van der Waals surface area (Å²) in [7, 11) is 0.